The summed E-state index contributed by atoms with van der Waals surface area (Å²) >= 11 is 6.06. The van der Waals surface area contributed by atoms with E-state index in [0.29, 0.717) is 0 Å². The van der Waals surface area contributed by atoms with Crippen molar-refractivity contribution in [1.29, 1.82) is 0 Å². The van der Waals surface area contributed by atoms with Gasteiger partial charge in [0.2, 0.25) is 0 Å². The molecule has 1 aromatic carbocycles. The van der Waals surface area contributed by atoms with Crippen molar-refractivity contribution < 1.29 is 37.7 Å². The first kappa shape index (κ1) is 28.8. The number of methoxy groups -OCH3 is 1. The minimum absolute atomic E-state index is 0.0779. The number of benzene rings is 1. The number of ether oxygens (including phenoxy) is 2. The molecule has 0 spiro atoms. The van der Waals surface area contributed by atoms with Crippen molar-refractivity contribution in [1.82, 2.24) is 4.57 Å². The number of esters is 1. The van der Waals surface area contributed by atoms with Crippen LogP contribution in [0.5, 0.6) is 0 Å². The lowest BCUT2D eigenvalue weighted by molar-refractivity contribution is -0.203. The molecular weight excluding hydrogens is 491 g/mol. The molecule has 2 aromatic rings. The minimum Gasteiger partial charge on any atom is -0.458 e. The van der Waals surface area contributed by atoms with Gasteiger partial charge < -0.3 is 24.3 Å². The highest BCUT2D eigenvalue weighted by Crippen LogP contribution is 2.33. The van der Waals surface area contributed by atoms with Crippen LogP contribution < -0.4 is 5.56 Å². The molecule has 1 aromatic heterocycles. The Labute approximate surface area is 206 Å². The molecule has 0 radical (unpaired) electrons. The number of halogens is 4. The van der Waals surface area contributed by atoms with Crippen LogP contribution >= 0.6 is 11.6 Å². The number of pyridine rings is 1. The number of aromatic nitrogens is 1. The second kappa shape index (κ2) is 11.6. The highest BCUT2D eigenvalue weighted by atomic mass is 35.5. The second-order valence-corrected chi connectivity index (χ2v) is 9.45. The van der Waals surface area contributed by atoms with Gasteiger partial charge in [0.1, 0.15) is 11.6 Å². The number of carbonyl (C=O) groups is 1. The molecule has 7 nitrogen and oxygen atoms in total. The van der Waals surface area contributed by atoms with Gasteiger partial charge in [-0.05, 0) is 49.6 Å². The third-order valence-corrected chi connectivity index (χ3v) is 5.33. The molecule has 2 atom stereocenters. The van der Waals surface area contributed by atoms with Gasteiger partial charge in [-0.25, -0.2) is 4.79 Å². The lowest BCUT2D eigenvalue weighted by Gasteiger charge is -2.26. The normalized spacial score (nSPS) is 14.0. The Morgan fingerprint density at radius 1 is 1.14 bits per heavy atom. The van der Waals surface area contributed by atoms with Gasteiger partial charge in [0.05, 0.1) is 6.61 Å². The van der Waals surface area contributed by atoms with E-state index in [-0.39, 0.29) is 40.3 Å². The SMILES string of the molecule is COCCC(C(=O)OC(C)(C)C)n1cc(CO)c(-c2cc(Cl)ccc2CC(O)C(F)(F)F)cc1=O. The molecule has 0 aliphatic heterocycles. The molecule has 0 saturated heterocycles. The van der Waals surface area contributed by atoms with Crippen LogP contribution in [-0.2, 0) is 27.3 Å². The van der Waals surface area contributed by atoms with E-state index >= 15 is 0 Å². The fourth-order valence-electron chi connectivity index (χ4n) is 3.48. The summed E-state index contributed by atoms with van der Waals surface area (Å²) in [4.78, 5) is 25.9. The molecule has 0 amide bonds. The lowest BCUT2D eigenvalue weighted by atomic mass is 9.93. The Balaban J connectivity index is 2.62. The maximum absolute atomic E-state index is 13.1. The summed E-state index contributed by atoms with van der Waals surface area (Å²) in [6, 6.07) is 4.10. The van der Waals surface area contributed by atoms with Crippen LogP contribution in [0, 0.1) is 0 Å². The van der Waals surface area contributed by atoms with E-state index in [1.54, 1.807) is 20.8 Å². The minimum atomic E-state index is -4.85. The number of carbonyl (C=O) groups excluding carboxylic acids is 1. The van der Waals surface area contributed by atoms with Crippen molar-refractivity contribution in [3.63, 3.8) is 0 Å². The Kier molecular flexibility index (Phi) is 9.52. The van der Waals surface area contributed by atoms with Crippen LogP contribution in [0.1, 0.15) is 44.4 Å². The summed E-state index contributed by atoms with van der Waals surface area (Å²) in [6.07, 6.45) is -6.88. The summed E-state index contributed by atoms with van der Waals surface area (Å²) in [5, 5.41) is 19.8. The molecule has 2 N–H and O–H groups in total. The van der Waals surface area contributed by atoms with Crippen LogP contribution in [-0.4, -0.2) is 52.3 Å². The molecule has 2 rings (SSSR count). The standard InChI is InChI=1S/C24H29ClF3NO6/c1-23(2,3)35-22(33)19(7-8-34-4)29-12-15(13-30)18(11-21(29)32)17-10-16(25)6-5-14(17)9-20(31)24(26,27)28/h5-6,10-12,19-20,30-31H,7-9,13H2,1-4H3. The fourth-order valence-corrected chi connectivity index (χ4v) is 3.66. The summed E-state index contributed by atoms with van der Waals surface area (Å²) < 4.78 is 50.5. The maximum atomic E-state index is 13.1. The van der Waals surface area contributed by atoms with E-state index in [2.05, 4.69) is 0 Å². The second-order valence-electron chi connectivity index (χ2n) is 9.01. The Morgan fingerprint density at radius 3 is 2.31 bits per heavy atom. The van der Waals surface area contributed by atoms with Crippen molar-refractivity contribution in [2.75, 3.05) is 13.7 Å². The summed E-state index contributed by atoms with van der Waals surface area (Å²) in [5.74, 6) is -0.676. The smallest absolute Gasteiger partial charge is 0.414 e. The Morgan fingerprint density at radius 2 is 1.77 bits per heavy atom. The van der Waals surface area contributed by atoms with Crippen molar-refractivity contribution in [3.05, 3.63) is 57.0 Å². The molecule has 194 valence electrons. The molecular formula is C24H29ClF3NO6. The quantitative estimate of drug-likeness (QED) is 0.485. The first-order chi connectivity index (χ1) is 16.2. The van der Waals surface area contributed by atoms with Gasteiger partial charge in [0.25, 0.3) is 5.56 Å². The number of hydrogen-bond acceptors (Lipinski definition) is 6. The van der Waals surface area contributed by atoms with Gasteiger partial charge in [-0.1, -0.05) is 17.7 Å². The number of hydrogen-bond donors (Lipinski definition) is 2. The molecule has 1 heterocycles. The summed E-state index contributed by atoms with van der Waals surface area (Å²) in [6.45, 7) is 4.59. The van der Waals surface area contributed by atoms with Crippen molar-refractivity contribution in [2.45, 2.75) is 64.1 Å². The van der Waals surface area contributed by atoms with E-state index in [9.17, 15) is 33.0 Å². The average molecular weight is 520 g/mol. The number of rotatable bonds is 9. The van der Waals surface area contributed by atoms with Crippen LogP contribution in [0.25, 0.3) is 11.1 Å². The van der Waals surface area contributed by atoms with E-state index in [0.717, 1.165) is 10.6 Å². The molecule has 0 saturated carbocycles. The van der Waals surface area contributed by atoms with E-state index < -0.39 is 48.5 Å². The van der Waals surface area contributed by atoms with Gasteiger partial charge >= 0.3 is 12.1 Å². The summed E-state index contributed by atoms with van der Waals surface area (Å²) in [7, 11) is 1.44. The molecule has 0 aliphatic carbocycles. The van der Waals surface area contributed by atoms with Crippen molar-refractivity contribution in [3.8, 4) is 11.1 Å². The van der Waals surface area contributed by atoms with Gasteiger partial charge in [-0.3, -0.25) is 4.79 Å². The zero-order valence-electron chi connectivity index (χ0n) is 19.9. The van der Waals surface area contributed by atoms with E-state index in [4.69, 9.17) is 21.1 Å². The van der Waals surface area contributed by atoms with Crippen LogP contribution in [0.3, 0.4) is 0 Å². The first-order valence-corrected chi connectivity index (χ1v) is 11.2. The van der Waals surface area contributed by atoms with E-state index in [1.807, 2.05) is 0 Å². The highest BCUT2D eigenvalue weighted by Gasteiger charge is 2.38. The number of aliphatic hydroxyl groups excluding tert-OH is 2. The Hall–Kier alpha value is -2.40. The molecule has 2 unspecified atom stereocenters. The zero-order valence-corrected chi connectivity index (χ0v) is 20.6. The third-order valence-electron chi connectivity index (χ3n) is 5.10. The zero-order chi connectivity index (χ0) is 26.6. The van der Waals surface area contributed by atoms with Crippen molar-refractivity contribution in [2.24, 2.45) is 0 Å². The van der Waals surface area contributed by atoms with Crippen LogP contribution in [0.15, 0.2) is 35.3 Å². The van der Waals surface area contributed by atoms with Crippen LogP contribution in [0.2, 0.25) is 5.02 Å². The van der Waals surface area contributed by atoms with Gasteiger partial charge in [-0.15, -0.1) is 0 Å². The topological polar surface area (TPSA) is 98.0 Å². The first-order valence-electron chi connectivity index (χ1n) is 10.8. The largest absolute Gasteiger partial charge is 0.458 e. The van der Waals surface area contributed by atoms with E-state index in [1.165, 1.54) is 31.5 Å². The predicted octanol–water partition coefficient (Wildman–Crippen LogP) is 4.05. The Bertz CT molecular complexity index is 1090. The third kappa shape index (κ3) is 7.79. The molecule has 11 heteroatoms. The van der Waals surface area contributed by atoms with Crippen molar-refractivity contribution >= 4 is 17.6 Å². The predicted molar refractivity (Wildman–Crippen MR) is 124 cm³/mol. The van der Waals surface area contributed by atoms with Gasteiger partial charge in [0, 0.05) is 49.4 Å². The number of nitrogens with zero attached hydrogens (tertiary/aromatic N) is 1. The molecule has 0 aliphatic rings. The number of aliphatic hydroxyl groups is 2. The average Bonchev–Trinajstić information content (AvgIpc) is 2.74. The van der Waals surface area contributed by atoms with Crippen LogP contribution in [0.4, 0.5) is 13.2 Å². The number of alkyl halides is 3. The maximum Gasteiger partial charge on any atom is 0.414 e. The van der Waals surface area contributed by atoms with Gasteiger partial charge in [-0.2, -0.15) is 13.2 Å². The molecule has 35 heavy (non-hydrogen) atoms. The lowest BCUT2D eigenvalue weighted by Crippen LogP contribution is -2.35. The summed E-state index contributed by atoms with van der Waals surface area (Å²) in [5.41, 5.74) is -0.933. The molecule has 0 bridgehead atoms. The monoisotopic (exact) mass is 519 g/mol. The fraction of sp³-hybridized carbons (Fsp3) is 0.500. The molecule has 0 fully saturated rings. The van der Waals surface area contributed by atoms with Gasteiger partial charge in [0.15, 0.2) is 6.10 Å². The highest BCUT2D eigenvalue weighted by molar-refractivity contribution is 6.30.